The monoisotopic (exact) mass is 391 g/mol. The molecular formula is C17H18BrN3O3. The molecule has 2 rings (SSSR count). The molecule has 6 nitrogen and oxygen atoms in total. The van der Waals surface area contributed by atoms with Crippen LogP contribution in [0.2, 0.25) is 0 Å². The Morgan fingerprint density at radius 2 is 1.92 bits per heavy atom. The summed E-state index contributed by atoms with van der Waals surface area (Å²) >= 11 is 3.37. The molecule has 1 atom stereocenters. The lowest BCUT2D eigenvalue weighted by Crippen LogP contribution is -2.32. The SMILES string of the molecule is Cc1c(NCC(=O)NC(C)c2ccc(Br)cc2)cccc1[N+](=O)[O-]. The Labute approximate surface area is 148 Å². The largest absolute Gasteiger partial charge is 0.376 e. The molecule has 126 valence electrons. The number of anilines is 1. The van der Waals surface area contributed by atoms with E-state index in [1.807, 2.05) is 31.2 Å². The molecule has 0 saturated heterocycles. The van der Waals surface area contributed by atoms with E-state index in [2.05, 4.69) is 26.6 Å². The van der Waals surface area contributed by atoms with Crippen LogP contribution in [0, 0.1) is 17.0 Å². The predicted octanol–water partition coefficient (Wildman–Crippen LogP) is 3.96. The number of nitro groups is 1. The highest BCUT2D eigenvalue weighted by Crippen LogP contribution is 2.24. The molecule has 0 aliphatic heterocycles. The first-order valence-corrected chi connectivity index (χ1v) is 8.20. The third-order valence-electron chi connectivity index (χ3n) is 3.69. The Balaban J connectivity index is 1.95. The quantitative estimate of drug-likeness (QED) is 0.576. The summed E-state index contributed by atoms with van der Waals surface area (Å²) in [4.78, 5) is 22.6. The van der Waals surface area contributed by atoms with Gasteiger partial charge in [-0.25, -0.2) is 0 Å². The Morgan fingerprint density at radius 1 is 1.25 bits per heavy atom. The van der Waals surface area contributed by atoms with Crippen LogP contribution in [-0.2, 0) is 4.79 Å². The number of hydrogen-bond donors (Lipinski definition) is 2. The van der Waals surface area contributed by atoms with E-state index >= 15 is 0 Å². The highest BCUT2D eigenvalue weighted by Gasteiger charge is 2.14. The minimum absolute atomic E-state index is 0.0311. The van der Waals surface area contributed by atoms with Crippen molar-refractivity contribution in [2.45, 2.75) is 19.9 Å². The Bertz CT molecular complexity index is 747. The van der Waals surface area contributed by atoms with Crippen molar-refractivity contribution >= 4 is 33.2 Å². The van der Waals surface area contributed by atoms with E-state index in [0.29, 0.717) is 11.3 Å². The highest BCUT2D eigenvalue weighted by atomic mass is 79.9. The summed E-state index contributed by atoms with van der Waals surface area (Å²) in [5.41, 5.74) is 2.12. The van der Waals surface area contributed by atoms with E-state index in [1.165, 1.54) is 6.07 Å². The van der Waals surface area contributed by atoms with E-state index in [4.69, 9.17) is 0 Å². The minimum atomic E-state index is -0.434. The fourth-order valence-corrected chi connectivity index (χ4v) is 2.58. The van der Waals surface area contributed by atoms with Gasteiger partial charge in [0.1, 0.15) is 0 Å². The second-order valence-corrected chi connectivity index (χ2v) is 6.32. The number of rotatable bonds is 6. The van der Waals surface area contributed by atoms with Crippen molar-refractivity contribution in [3.05, 3.63) is 68.2 Å². The number of amides is 1. The topological polar surface area (TPSA) is 84.3 Å². The van der Waals surface area contributed by atoms with Gasteiger partial charge in [-0.15, -0.1) is 0 Å². The summed E-state index contributed by atoms with van der Waals surface area (Å²) < 4.78 is 0.979. The van der Waals surface area contributed by atoms with Crippen molar-refractivity contribution in [2.75, 3.05) is 11.9 Å². The standard InChI is InChI=1S/C17H18BrN3O3/c1-11-15(4-3-5-16(11)21(23)24)19-10-17(22)20-12(2)13-6-8-14(18)9-7-13/h3-9,12,19H,10H2,1-2H3,(H,20,22). The number of nitrogens with zero attached hydrogens (tertiary/aromatic N) is 1. The maximum atomic E-state index is 12.1. The Morgan fingerprint density at radius 3 is 2.54 bits per heavy atom. The number of carbonyl (C=O) groups is 1. The fraction of sp³-hybridized carbons (Fsp3) is 0.235. The van der Waals surface area contributed by atoms with Crippen molar-refractivity contribution in [1.29, 1.82) is 0 Å². The van der Waals surface area contributed by atoms with Crippen molar-refractivity contribution in [1.82, 2.24) is 5.32 Å². The van der Waals surface area contributed by atoms with Gasteiger partial charge in [-0.05, 0) is 37.6 Å². The second kappa shape index (κ2) is 7.92. The summed E-state index contributed by atoms with van der Waals surface area (Å²) in [5, 5.41) is 16.8. The summed E-state index contributed by atoms with van der Waals surface area (Å²) in [7, 11) is 0. The smallest absolute Gasteiger partial charge is 0.274 e. The van der Waals surface area contributed by atoms with Crippen LogP contribution >= 0.6 is 15.9 Å². The molecule has 7 heteroatoms. The average molecular weight is 392 g/mol. The third-order valence-corrected chi connectivity index (χ3v) is 4.22. The van der Waals surface area contributed by atoms with Gasteiger partial charge in [-0.1, -0.05) is 34.1 Å². The number of benzene rings is 2. The number of hydrogen-bond acceptors (Lipinski definition) is 4. The van der Waals surface area contributed by atoms with Crippen LogP contribution in [0.1, 0.15) is 24.1 Å². The van der Waals surface area contributed by atoms with Crippen LogP contribution in [0.4, 0.5) is 11.4 Å². The van der Waals surface area contributed by atoms with Crippen molar-refractivity contribution in [3.8, 4) is 0 Å². The molecule has 0 bridgehead atoms. The van der Waals surface area contributed by atoms with Crippen LogP contribution in [0.25, 0.3) is 0 Å². The summed E-state index contributed by atoms with van der Waals surface area (Å²) in [6, 6.07) is 12.3. The van der Waals surface area contributed by atoms with Crippen molar-refractivity contribution < 1.29 is 9.72 Å². The molecule has 2 aromatic carbocycles. The maximum Gasteiger partial charge on any atom is 0.274 e. The lowest BCUT2D eigenvalue weighted by atomic mass is 10.1. The number of nitro benzene ring substituents is 1. The molecule has 1 unspecified atom stereocenters. The lowest BCUT2D eigenvalue weighted by Gasteiger charge is -2.15. The predicted molar refractivity (Wildman–Crippen MR) is 97.0 cm³/mol. The van der Waals surface area contributed by atoms with Crippen molar-refractivity contribution in [2.24, 2.45) is 0 Å². The number of nitrogens with one attached hydrogen (secondary N) is 2. The van der Waals surface area contributed by atoms with Gasteiger partial charge < -0.3 is 10.6 Å². The van der Waals surface area contributed by atoms with Gasteiger partial charge in [0.2, 0.25) is 5.91 Å². The molecule has 0 spiro atoms. The van der Waals surface area contributed by atoms with Gasteiger partial charge in [0.25, 0.3) is 5.69 Å². The van der Waals surface area contributed by atoms with Crippen LogP contribution in [-0.4, -0.2) is 17.4 Å². The average Bonchev–Trinajstić information content (AvgIpc) is 2.54. The second-order valence-electron chi connectivity index (χ2n) is 5.40. The fourth-order valence-electron chi connectivity index (χ4n) is 2.32. The molecule has 24 heavy (non-hydrogen) atoms. The molecule has 0 radical (unpaired) electrons. The molecule has 1 amide bonds. The maximum absolute atomic E-state index is 12.1. The molecule has 0 saturated carbocycles. The van der Waals surface area contributed by atoms with Crippen LogP contribution in [0.15, 0.2) is 46.9 Å². The van der Waals surface area contributed by atoms with Gasteiger partial charge in [0.05, 0.1) is 17.5 Å². The normalized spacial score (nSPS) is 11.6. The zero-order valence-corrected chi connectivity index (χ0v) is 15.0. The van der Waals surface area contributed by atoms with E-state index in [0.717, 1.165) is 10.0 Å². The third kappa shape index (κ3) is 4.55. The zero-order chi connectivity index (χ0) is 17.7. The molecule has 0 aromatic heterocycles. The van der Waals surface area contributed by atoms with E-state index in [1.54, 1.807) is 19.1 Å². The molecule has 0 fully saturated rings. The van der Waals surface area contributed by atoms with Gasteiger partial charge in [-0.3, -0.25) is 14.9 Å². The van der Waals surface area contributed by atoms with Crippen LogP contribution < -0.4 is 10.6 Å². The van der Waals surface area contributed by atoms with Crippen LogP contribution in [0.3, 0.4) is 0 Å². The molecule has 2 N–H and O–H groups in total. The molecular weight excluding hydrogens is 374 g/mol. The molecule has 0 aliphatic carbocycles. The highest BCUT2D eigenvalue weighted by molar-refractivity contribution is 9.10. The minimum Gasteiger partial charge on any atom is -0.376 e. The van der Waals surface area contributed by atoms with Gasteiger partial charge in [0.15, 0.2) is 0 Å². The summed E-state index contributed by atoms with van der Waals surface area (Å²) in [5.74, 6) is -0.184. The Kier molecular flexibility index (Phi) is 5.92. The lowest BCUT2D eigenvalue weighted by molar-refractivity contribution is -0.385. The molecule has 2 aromatic rings. The first kappa shape index (κ1) is 17.9. The van der Waals surface area contributed by atoms with E-state index in [9.17, 15) is 14.9 Å². The number of halogens is 1. The van der Waals surface area contributed by atoms with Gasteiger partial charge >= 0.3 is 0 Å². The Hall–Kier alpha value is -2.41. The van der Waals surface area contributed by atoms with E-state index < -0.39 is 4.92 Å². The number of carbonyl (C=O) groups excluding carboxylic acids is 1. The first-order chi connectivity index (χ1) is 11.4. The van der Waals surface area contributed by atoms with Gasteiger partial charge in [-0.2, -0.15) is 0 Å². The van der Waals surface area contributed by atoms with Gasteiger partial charge in [0, 0.05) is 21.8 Å². The first-order valence-electron chi connectivity index (χ1n) is 7.41. The van der Waals surface area contributed by atoms with Crippen LogP contribution in [0.5, 0.6) is 0 Å². The van der Waals surface area contributed by atoms with Crippen molar-refractivity contribution in [3.63, 3.8) is 0 Å². The molecule has 0 aliphatic rings. The van der Waals surface area contributed by atoms with E-state index in [-0.39, 0.29) is 24.2 Å². The molecule has 0 heterocycles. The summed E-state index contributed by atoms with van der Waals surface area (Å²) in [6.45, 7) is 3.60. The summed E-state index contributed by atoms with van der Waals surface area (Å²) in [6.07, 6.45) is 0. The zero-order valence-electron chi connectivity index (χ0n) is 13.4.